The smallest absolute Gasteiger partial charge is 0.255 e. The number of hydrogen-bond acceptors (Lipinski definition) is 6. The number of amides is 2. The van der Waals surface area contributed by atoms with E-state index in [9.17, 15) is 26.4 Å². The Morgan fingerprint density at radius 1 is 1.12 bits per heavy atom. The number of carbonyl (C=O) groups excluding carboxylic acids is 2. The van der Waals surface area contributed by atoms with E-state index in [1.807, 2.05) is 0 Å². The van der Waals surface area contributed by atoms with Gasteiger partial charge in [0.15, 0.2) is 0 Å². The summed E-state index contributed by atoms with van der Waals surface area (Å²) in [6, 6.07) is 10.9. The monoisotopic (exact) mass is 477 g/mol. The number of nitrogens with zero attached hydrogens (tertiary/aromatic N) is 2. The Balaban J connectivity index is 1.55. The zero-order valence-corrected chi connectivity index (χ0v) is 19.2. The summed E-state index contributed by atoms with van der Waals surface area (Å²) < 4.78 is 50.8. The number of carbonyl (C=O) groups is 2. The molecule has 1 atom stereocenters. The number of fused-ring (bicyclic) bond motifs is 1. The van der Waals surface area contributed by atoms with Crippen molar-refractivity contribution in [2.24, 2.45) is 5.92 Å². The van der Waals surface area contributed by atoms with E-state index < -0.39 is 37.8 Å². The minimum Gasteiger partial charge on any atom is -0.322 e. The van der Waals surface area contributed by atoms with E-state index in [0.29, 0.717) is 17.9 Å². The Morgan fingerprint density at radius 2 is 1.81 bits per heavy atom. The van der Waals surface area contributed by atoms with Crippen LogP contribution < -0.4 is 13.9 Å². The van der Waals surface area contributed by atoms with Gasteiger partial charge in [0.05, 0.1) is 29.3 Å². The molecule has 170 valence electrons. The second-order valence-corrected chi connectivity index (χ2v) is 11.8. The zero-order chi connectivity index (χ0) is 23.3. The van der Waals surface area contributed by atoms with Gasteiger partial charge in [-0.2, -0.15) is 0 Å². The molecule has 0 spiro atoms. The average Bonchev–Trinajstić information content (AvgIpc) is 2.93. The lowest BCUT2D eigenvalue weighted by atomic mass is 10.0. The van der Waals surface area contributed by atoms with E-state index in [2.05, 4.69) is 5.32 Å². The fourth-order valence-electron chi connectivity index (χ4n) is 4.00. The van der Waals surface area contributed by atoms with Crippen LogP contribution in [0.3, 0.4) is 0 Å². The number of rotatable bonds is 4. The maximum Gasteiger partial charge on any atom is 0.255 e. The molecule has 1 saturated heterocycles. The van der Waals surface area contributed by atoms with Crippen LogP contribution in [0.4, 0.5) is 17.1 Å². The lowest BCUT2D eigenvalue weighted by molar-refractivity contribution is -0.119. The molecule has 2 amide bonds. The van der Waals surface area contributed by atoms with Gasteiger partial charge in [0.25, 0.3) is 5.91 Å². The van der Waals surface area contributed by atoms with Crippen molar-refractivity contribution >= 4 is 48.9 Å². The molecule has 11 heteroatoms. The SMILES string of the molecule is CC1CS(=O)(=O)N(c2ccc(C(=O)Nc3ccc4c(c3)N(S(C)(=O)=O)CCC4)cc2)C1=O. The van der Waals surface area contributed by atoms with Crippen molar-refractivity contribution in [3.63, 3.8) is 0 Å². The Labute approximate surface area is 187 Å². The Hall–Kier alpha value is -2.92. The van der Waals surface area contributed by atoms with Crippen LogP contribution in [-0.2, 0) is 31.3 Å². The molecule has 0 aromatic heterocycles. The van der Waals surface area contributed by atoms with Crippen LogP contribution in [0.2, 0.25) is 0 Å². The van der Waals surface area contributed by atoms with E-state index in [0.717, 1.165) is 29.0 Å². The highest BCUT2D eigenvalue weighted by Gasteiger charge is 2.41. The molecule has 0 saturated carbocycles. The van der Waals surface area contributed by atoms with Gasteiger partial charge in [0, 0.05) is 17.8 Å². The van der Waals surface area contributed by atoms with Crippen molar-refractivity contribution < 1.29 is 26.4 Å². The molecule has 0 bridgehead atoms. The van der Waals surface area contributed by atoms with Gasteiger partial charge < -0.3 is 5.32 Å². The Kier molecular flexibility index (Phi) is 5.49. The number of anilines is 3. The predicted molar refractivity (Wildman–Crippen MR) is 122 cm³/mol. The van der Waals surface area contributed by atoms with Crippen molar-refractivity contribution in [3.8, 4) is 0 Å². The summed E-state index contributed by atoms with van der Waals surface area (Å²) >= 11 is 0. The third-order valence-electron chi connectivity index (χ3n) is 5.54. The molecule has 4 rings (SSSR count). The zero-order valence-electron chi connectivity index (χ0n) is 17.6. The summed E-state index contributed by atoms with van der Waals surface area (Å²) in [4.78, 5) is 24.9. The average molecular weight is 478 g/mol. The topological polar surface area (TPSA) is 121 Å². The van der Waals surface area contributed by atoms with Gasteiger partial charge in [-0.3, -0.25) is 13.9 Å². The van der Waals surface area contributed by atoms with E-state index in [1.54, 1.807) is 25.1 Å². The molecular weight excluding hydrogens is 454 g/mol. The lowest BCUT2D eigenvalue weighted by Crippen LogP contribution is -2.34. The molecule has 2 aromatic rings. The number of aryl methyl sites for hydroxylation is 1. The number of nitrogens with one attached hydrogen (secondary N) is 1. The first-order chi connectivity index (χ1) is 15.0. The van der Waals surface area contributed by atoms with Gasteiger partial charge in [-0.25, -0.2) is 21.1 Å². The maximum atomic E-state index is 12.7. The van der Waals surface area contributed by atoms with Gasteiger partial charge in [-0.05, 0) is 54.8 Å². The summed E-state index contributed by atoms with van der Waals surface area (Å²) in [6.45, 7) is 1.95. The van der Waals surface area contributed by atoms with Crippen LogP contribution in [0.5, 0.6) is 0 Å². The molecule has 9 nitrogen and oxygen atoms in total. The molecular formula is C21H23N3O6S2. The van der Waals surface area contributed by atoms with E-state index in [1.165, 1.54) is 28.6 Å². The van der Waals surface area contributed by atoms with Gasteiger partial charge in [-0.15, -0.1) is 0 Å². The highest BCUT2D eigenvalue weighted by Crippen LogP contribution is 2.32. The van der Waals surface area contributed by atoms with Crippen molar-refractivity contribution in [1.29, 1.82) is 0 Å². The van der Waals surface area contributed by atoms with Crippen LogP contribution >= 0.6 is 0 Å². The number of benzene rings is 2. The summed E-state index contributed by atoms with van der Waals surface area (Å²) in [7, 11) is -7.15. The maximum absolute atomic E-state index is 12.7. The van der Waals surface area contributed by atoms with Crippen LogP contribution in [-0.4, -0.2) is 47.2 Å². The minimum atomic E-state index is -3.72. The van der Waals surface area contributed by atoms with Crippen LogP contribution in [0.25, 0.3) is 0 Å². The van der Waals surface area contributed by atoms with Gasteiger partial charge in [-0.1, -0.05) is 13.0 Å². The summed E-state index contributed by atoms with van der Waals surface area (Å²) in [5, 5.41) is 2.74. The third-order valence-corrected chi connectivity index (χ3v) is 8.59. The molecule has 2 aliphatic heterocycles. The van der Waals surface area contributed by atoms with Crippen molar-refractivity contribution in [2.75, 3.05) is 32.5 Å². The Morgan fingerprint density at radius 3 is 2.41 bits per heavy atom. The van der Waals surface area contributed by atoms with Crippen LogP contribution in [0.1, 0.15) is 29.3 Å². The number of hydrogen-bond donors (Lipinski definition) is 1. The van der Waals surface area contributed by atoms with Gasteiger partial charge >= 0.3 is 0 Å². The van der Waals surface area contributed by atoms with E-state index in [4.69, 9.17) is 0 Å². The predicted octanol–water partition coefficient (Wildman–Crippen LogP) is 1.96. The summed E-state index contributed by atoms with van der Waals surface area (Å²) in [5.74, 6) is -1.79. The second-order valence-electron chi connectivity index (χ2n) is 8.07. The van der Waals surface area contributed by atoms with E-state index >= 15 is 0 Å². The normalized spacial score (nSPS) is 20.2. The molecule has 2 aromatic carbocycles. The van der Waals surface area contributed by atoms with Crippen LogP contribution in [0, 0.1) is 5.92 Å². The molecule has 1 N–H and O–H groups in total. The van der Waals surface area contributed by atoms with Crippen LogP contribution in [0.15, 0.2) is 42.5 Å². The van der Waals surface area contributed by atoms with E-state index in [-0.39, 0.29) is 17.0 Å². The van der Waals surface area contributed by atoms with Crippen molar-refractivity contribution in [3.05, 3.63) is 53.6 Å². The summed E-state index contributed by atoms with van der Waals surface area (Å²) in [6.07, 6.45) is 2.64. The fraction of sp³-hybridized carbons (Fsp3) is 0.333. The van der Waals surface area contributed by atoms with Gasteiger partial charge in [0.2, 0.25) is 26.0 Å². The lowest BCUT2D eigenvalue weighted by Gasteiger charge is -2.29. The molecule has 0 aliphatic carbocycles. The minimum absolute atomic E-state index is 0.188. The fourth-order valence-corrected chi connectivity index (χ4v) is 6.81. The number of sulfonamides is 2. The molecule has 1 fully saturated rings. The molecule has 2 aliphatic rings. The highest BCUT2D eigenvalue weighted by molar-refractivity contribution is 7.94. The van der Waals surface area contributed by atoms with Crippen molar-refractivity contribution in [1.82, 2.24) is 0 Å². The first-order valence-corrected chi connectivity index (χ1v) is 13.5. The van der Waals surface area contributed by atoms with Crippen molar-refractivity contribution in [2.45, 2.75) is 19.8 Å². The first kappa shape index (κ1) is 22.3. The third kappa shape index (κ3) is 4.09. The first-order valence-electron chi connectivity index (χ1n) is 10.1. The molecule has 0 radical (unpaired) electrons. The largest absolute Gasteiger partial charge is 0.322 e. The molecule has 1 unspecified atom stereocenters. The van der Waals surface area contributed by atoms with Gasteiger partial charge in [0.1, 0.15) is 0 Å². The molecule has 32 heavy (non-hydrogen) atoms. The molecule has 2 heterocycles. The highest BCUT2D eigenvalue weighted by atomic mass is 32.2. The second kappa shape index (κ2) is 7.89. The Bertz CT molecular complexity index is 1300. The standard InChI is InChI=1S/C21H23N3O6S2/c1-14-13-32(29,30)24(21(14)26)18-9-6-16(7-10-18)20(25)22-17-8-5-15-4-3-11-23(19(15)12-17)31(2,27)28/h5-10,12,14H,3-4,11,13H2,1-2H3,(H,22,25). The summed E-state index contributed by atoms with van der Waals surface area (Å²) in [5.41, 5.74) is 2.35. The quantitative estimate of drug-likeness (QED) is 0.719.